The van der Waals surface area contributed by atoms with Crippen molar-refractivity contribution in [1.82, 2.24) is 19.8 Å². The third-order valence-electron chi connectivity index (χ3n) is 6.49. The molecule has 156 valence electrons. The molecule has 1 aromatic heterocycles. The van der Waals surface area contributed by atoms with Crippen molar-refractivity contribution in [2.45, 2.75) is 32.0 Å². The number of carbonyl (C=O) groups is 1. The average Bonchev–Trinajstić information content (AvgIpc) is 3.35. The number of imidazole rings is 1. The number of likely N-dealkylation sites (tertiary alicyclic amines) is 1. The Kier molecular flexibility index (Phi) is 5.04. The predicted molar refractivity (Wildman–Crippen MR) is 123 cm³/mol. The number of hydrogen-bond donors (Lipinski definition) is 1. The van der Waals surface area contributed by atoms with Crippen LogP contribution in [-0.2, 0) is 17.9 Å². The van der Waals surface area contributed by atoms with Gasteiger partial charge in [-0.1, -0.05) is 54.6 Å². The Morgan fingerprint density at radius 3 is 2.61 bits per heavy atom. The Morgan fingerprint density at radius 2 is 1.87 bits per heavy atom. The molecule has 0 aliphatic carbocycles. The molecule has 1 atom stereocenters. The summed E-state index contributed by atoms with van der Waals surface area (Å²) in [5.74, 6) is 0.0988. The zero-order chi connectivity index (χ0) is 21.3. The van der Waals surface area contributed by atoms with Crippen molar-refractivity contribution in [3.63, 3.8) is 0 Å². The lowest BCUT2D eigenvalue weighted by molar-refractivity contribution is -0.142. The number of nitrogens with one attached hydrogen (secondary N) is 1. The van der Waals surface area contributed by atoms with Crippen molar-refractivity contribution in [3.8, 4) is 5.69 Å². The van der Waals surface area contributed by atoms with Gasteiger partial charge in [-0.05, 0) is 47.4 Å². The molecule has 1 fully saturated rings. The standard InChI is InChI=1S/C26H26N4O/c1-26(25(31)28-17-22-7-4-6-21-5-2-3-8-24(21)22)13-15-30(26)18-20-9-11-23(12-10-20)29-16-14-27-19-29/h2-12,14,16,19H,13,15,17-18H2,1H3,(H,28,31). The molecule has 31 heavy (non-hydrogen) atoms. The minimum absolute atomic E-state index is 0.0988. The van der Waals surface area contributed by atoms with E-state index in [4.69, 9.17) is 0 Å². The third kappa shape index (κ3) is 3.73. The quantitative estimate of drug-likeness (QED) is 0.515. The van der Waals surface area contributed by atoms with Crippen LogP contribution in [0, 0.1) is 0 Å². The van der Waals surface area contributed by atoms with Crippen LogP contribution in [0.5, 0.6) is 0 Å². The zero-order valence-electron chi connectivity index (χ0n) is 17.7. The summed E-state index contributed by atoms with van der Waals surface area (Å²) < 4.78 is 1.98. The third-order valence-corrected chi connectivity index (χ3v) is 6.49. The number of fused-ring (bicyclic) bond motifs is 1. The maximum atomic E-state index is 13.1. The van der Waals surface area contributed by atoms with E-state index in [0.29, 0.717) is 6.54 Å². The summed E-state index contributed by atoms with van der Waals surface area (Å²) in [6.45, 7) is 4.29. The number of nitrogens with zero attached hydrogens (tertiary/aromatic N) is 3. The first-order valence-electron chi connectivity index (χ1n) is 10.7. The van der Waals surface area contributed by atoms with E-state index in [1.54, 1.807) is 12.5 Å². The highest BCUT2D eigenvalue weighted by Gasteiger charge is 2.46. The molecule has 2 heterocycles. The van der Waals surface area contributed by atoms with Crippen LogP contribution in [0.3, 0.4) is 0 Å². The largest absolute Gasteiger partial charge is 0.350 e. The number of amides is 1. The van der Waals surface area contributed by atoms with Gasteiger partial charge in [-0.3, -0.25) is 9.69 Å². The first-order chi connectivity index (χ1) is 15.1. The number of benzene rings is 3. The van der Waals surface area contributed by atoms with Crippen LogP contribution in [0.15, 0.2) is 85.5 Å². The molecule has 3 aromatic carbocycles. The fraction of sp³-hybridized carbons (Fsp3) is 0.231. The van der Waals surface area contributed by atoms with E-state index in [2.05, 4.69) is 76.7 Å². The molecule has 5 rings (SSSR count). The van der Waals surface area contributed by atoms with Crippen molar-refractivity contribution >= 4 is 16.7 Å². The number of aromatic nitrogens is 2. The van der Waals surface area contributed by atoms with Crippen molar-refractivity contribution < 1.29 is 4.79 Å². The summed E-state index contributed by atoms with van der Waals surface area (Å²) in [5, 5.41) is 5.58. The highest BCUT2D eigenvalue weighted by molar-refractivity contribution is 5.89. The normalized spacial score (nSPS) is 18.6. The first kappa shape index (κ1) is 19.5. The molecule has 5 heteroatoms. The number of rotatable bonds is 6. The highest BCUT2D eigenvalue weighted by atomic mass is 16.2. The predicted octanol–water partition coefficient (Wildman–Crippen LogP) is 4.31. The van der Waals surface area contributed by atoms with Crippen molar-refractivity contribution in [2.75, 3.05) is 6.54 Å². The molecular weight excluding hydrogens is 384 g/mol. The Hall–Kier alpha value is -3.44. The monoisotopic (exact) mass is 410 g/mol. The topological polar surface area (TPSA) is 50.2 Å². The van der Waals surface area contributed by atoms with Crippen LogP contribution in [0.4, 0.5) is 0 Å². The summed E-state index contributed by atoms with van der Waals surface area (Å²) >= 11 is 0. The van der Waals surface area contributed by atoms with E-state index in [-0.39, 0.29) is 5.91 Å². The van der Waals surface area contributed by atoms with Gasteiger partial charge in [0.05, 0.1) is 11.9 Å². The van der Waals surface area contributed by atoms with E-state index in [9.17, 15) is 4.79 Å². The summed E-state index contributed by atoms with van der Waals surface area (Å²) in [4.78, 5) is 19.5. The lowest BCUT2D eigenvalue weighted by atomic mass is 9.85. The van der Waals surface area contributed by atoms with E-state index in [1.807, 2.05) is 22.9 Å². The minimum atomic E-state index is -0.465. The van der Waals surface area contributed by atoms with Gasteiger partial charge in [0.2, 0.25) is 5.91 Å². The van der Waals surface area contributed by atoms with Gasteiger partial charge in [0, 0.05) is 37.7 Å². The molecule has 1 unspecified atom stereocenters. The highest BCUT2D eigenvalue weighted by Crippen LogP contribution is 2.32. The van der Waals surface area contributed by atoms with Gasteiger partial charge in [0.15, 0.2) is 0 Å². The maximum Gasteiger partial charge on any atom is 0.240 e. The summed E-state index contributed by atoms with van der Waals surface area (Å²) in [6, 6.07) is 23.0. The second-order valence-corrected chi connectivity index (χ2v) is 8.40. The second-order valence-electron chi connectivity index (χ2n) is 8.40. The average molecular weight is 411 g/mol. The van der Waals surface area contributed by atoms with E-state index < -0.39 is 5.54 Å². The lowest BCUT2D eigenvalue weighted by Crippen LogP contribution is -2.65. The summed E-state index contributed by atoms with van der Waals surface area (Å²) in [7, 11) is 0. The van der Waals surface area contributed by atoms with E-state index in [0.717, 1.165) is 30.8 Å². The van der Waals surface area contributed by atoms with Crippen molar-refractivity contribution in [1.29, 1.82) is 0 Å². The molecule has 0 saturated carbocycles. The van der Waals surface area contributed by atoms with Gasteiger partial charge in [0.1, 0.15) is 0 Å². The van der Waals surface area contributed by atoms with Gasteiger partial charge in [0.25, 0.3) is 0 Å². The van der Waals surface area contributed by atoms with Crippen molar-refractivity contribution in [3.05, 3.63) is 96.6 Å². The fourth-order valence-corrected chi connectivity index (χ4v) is 4.33. The summed E-state index contributed by atoms with van der Waals surface area (Å²) in [5.41, 5.74) is 2.97. The molecule has 5 nitrogen and oxygen atoms in total. The maximum absolute atomic E-state index is 13.1. The van der Waals surface area contributed by atoms with Crippen LogP contribution < -0.4 is 5.32 Å². The van der Waals surface area contributed by atoms with Crippen LogP contribution in [0.2, 0.25) is 0 Å². The Bertz CT molecular complexity index is 1190. The van der Waals surface area contributed by atoms with Gasteiger partial charge in [-0.25, -0.2) is 4.98 Å². The van der Waals surface area contributed by atoms with Gasteiger partial charge < -0.3 is 9.88 Å². The van der Waals surface area contributed by atoms with Crippen molar-refractivity contribution in [2.24, 2.45) is 0 Å². The molecule has 1 N–H and O–H groups in total. The Balaban J connectivity index is 1.24. The molecule has 0 spiro atoms. The molecule has 0 bridgehead atoms. The number of carbonyl (C=O) groups excluding carboxylic acids is 1. The van der Waals surface area contributed by atoms with Crippen LogP contribution in [0.25, 0.3) is 16.5 Å². The molecule has 0 radical (unpaired) electrons. The summed E-state index contributed by atoms with van der Waals surface area (Å²) in [6.07, 6.45) is 6.38. The van der Waals surface area contributed by atoms with Crippen LogP contribution in [-0.4, -0.2) is 32.4 Å². The van der Waals surface area contributed by atoms with Gasteiger partial charge >= 0.3 is 0 Å². The van der Waals surface area contributed by atoms with Gasteiger partial charge in [-0.2, -0.15) is 0 Å². The smallest absolute Gasteiger partial charge is 0.240 e. The number of hydrogen-bond acceptors (Lipinski definition) is 3. The molecule has 1 amide bonds. The fourth-order valence-electron chi connectivity index (χ4n) is 4.33. The molecule has 4 aromatic rings. The van der Waals surface area contributed by atoms with Crippen LogP contribution >= 0.6 is 0 Å². The molecule has 1 aliphatic rings. The second kappa shape index (κ2) is 8.00. The Morgan fingerprint density at radius 1 is 1.06 bits per heavy atom. The van der Waals surface area contributed by atoms with E-state index in [1.165, 1.54) is 16.3 Å². The van der Waals surface area contributed by atoms with E-state index >= 15 is 0 Å². The van der Waals surface area contributed by atoms with Crippen LogP contribution in [0.1, 0.15) is 24.5 Å². The molecule has 1 aliphatic heterocycles. The Labute approximate surface area is 182 Å². The zero-order valence-corrected chi connectivity index (χ0v) is 17.7. The SMILES string of the molecule is CC1(C(=O)NCc2cccc3ccccc23)CCN1Cc1ccc(-n2ccnc2)cc1. The first-order valence-corrected chi connectivity index (χ1v) is 10.7. The minimum Gasteiger partial charge on any atom is -0.350 e. The lowest BCUT2D eigenvalue weighted by Gasteiger charge is -2.49. The van der Waals surface area contributed by atoms with Gasteiger partial charge in [-0.15, -0.1) is 0 Å². The molecule has 1 saturated heterocycles. The molecular formula is C26H26N4O.